The number of carbonyl (C=O) groups is 1. The molecule has 0 fully saturated rings. The Morgan fingerprint density at radius 1 is 1.18 bits per heavy atom. The Morgan fingerprint density at radius 3 is 2.45 bits per heavy atom. The highest BCUT2D eigenvalue weighted by Crippen LogP contribution is 2.26. The number of rotatable bonds is 3. The molecule has 2 aromatic rings. The normalized spacial score (nSPS) is 12.1. The molecule has 8 heteroatoms. The minimum atomic E-state index is -0.456. The van der Waals surface area contributed by atoms with E-state index in [4.69, 9.17) is 46.4 Å². The van der Waals surface area contributed by atoms with Crippen LogP contribution in [-0.4, -0.2) is 15.9 Å². The van der Waals surface area contributed by atoms with Crippen LogP contribution in [0, 0.1) is 6.92 Å². The average molecular weight is 379 g/mol. The van der Waals surface area contributed by atoms with Gasteiger partial charge in [-0.25, -0.2) is 4.98 Å². The molecule has 2 aromatic heterocycles. The van der Waals surface area contributed by atoms with Crippen molar-refractivity contribution in [2.45, 2.75) is 19.9 Å². The van der Waals surface area contributed by atoms with E-state index < -0.39 is 11.9 Å². The van der Waals surface area contributed by atoms with Crippen molar-refractivity contribution in [3.63, 3.8) is 0 Å². The first-order valence-corrected chi connectivity index (χ1v) is 7.75. The molecule has 1 unspecified atom stereocenters. The van der Waals surface area contributed by atoms with Crippen molar-refractivity contribution in [1.29, 1.82) is 0 Å². The monoisotopic (exact) mass is 377 g/mol. The van der Waals surface area contributed by atoms with Gasteiger partial charge < -0.3 is 5.32 Å². The minimum Gasteiger partial charge on any atom is -0.344 e. The number of halogens is 4. The SMILES string of the molecule is Cc1cc(Cl)c(C(=O)NC(C)c2ncc(Cl)cc2Cl)c(Cl)n1. The van der Waals surface area contributed by atoms with Gasteiger partial charge in [-0.1, -0.05) is 46.4 Å². The van der Waals surface area contributed by atoms with E-state index in [0.29, 0.717) is 21.4 Å². The van der Waals surface area contributed by atoms with Crippen LogP contribution in [0.3, 0.4) is 0 Å². The van der Waals surface area contributed by atoms with Gasteiger partial charge in [0, 0.05) is 11.9 Å². The first kappa shape index (κ1) is 17.3. The van der Waals surface area contributed by atoms with Crippen LogP contribution in [0.15, 0.2) is 18.3 Å². The fourth-order valence-electron chi connectivity index (χ4n) is 1.88. The molecule has 2 rings (SSSR count). The molecule has 1 N–H and O–H groups in total. The average Bonchev–Trinajstić information content (AvgIpc) is 2.36. The van der Waals surface area contributed by atoms with E-state index in [-0.39, 0.29) is 15.7 Å². The second kappa shape index (κ2) is 7.01. The molecule has 2 heterocycles. The molecule has 0 aliphatic heterocycles. The number of aryl methyl sites for hydroxylation is 1. The van der Waals surface area contributed by atoms with E-state index in [0.717, 1.165) is 0 Å². The van der Waals surface area contributed by atoms with Crippen molar-refractivity contribution in [2.24, 2.45) is 0 Å². The smallest absolute Gasteiger partial charge is 0.256 e. The molecule has 0 aliphatic carbocycles. The van der Waals surface area contributed by atoms with Gasteiger partial charge in [0.1, 0.15) is 5.15 Å². The summed E-state index contributed by atoms with van der Waals surface area (Å²) in [6.07, 6.45) is 1.46. The lowest BCUT2D eigenvalue weighted by Gasteiger charge is -2.16. The second-order valence-electron chi connectivity index (χ2n) is 4.63. The largest absolute Gasteiger partial charge is 0.344 e. The molecule has 0 radical (unpaired) electrons. The van der Waals surface area contributed by atoms with Gasteiger partial charge in [0.05, 0.1) is 32.4 Å². The highest BCUT2D eigenvalue weighted by molar-refractivity contribution is 6.39. The van der Waals surface area contributed by atoms with Crippen molar-refractivity contribution in [3.8, 4) is 0 Å². The zero-order valence-electron chi connectivity index (χ0n) is 11.6. The molecular formula is C14H11Cl4N3O. The second-order valence-corrected chi connectivity index (χ2v) is 6.24. The molecule has 0 aliphatic rings. The van der Waals surface area contributed by atoms with Gasteiger partial charge in [-0.15, -0.1) is 0 Å². The summed E-state index contributed by atoms with van der Waals surface area (Å²) in [5.41, 5.74) is 1.24. The Hall–Kier alpha value is -1.07. The van der Waals surface area contributed by atoms with Gasteiger partial charge in [0.15, 0.2) is 0 Å². The molecule has 0 bridgehead atoms. The van der Waals surface area contributed by atoms with Gasteiger partial charge in [0.2, 0.25) is 0 Å². The van der Waals surface area contributed by atoms with Crippen LogP contribution in [-0.2, 0) is 0 Å². The maximum Gasteiger partial charge on any atom is 0.256 e. The van der Waals surface area contributed by atoms with Gasteiger partial charge >= 0.3 is 0 Å². The van der Waals surface area contributed by atoms with E-state index in [1.54, 1.807) is 26.0 Å². The molecule has 22 heavy (non-hydrogen) atoms. The summed E-state index contributed by atoms with van der Waals surface area (Å²) in [6.45, 7) is 3.48. The summed E-state index contributed by atoms with van der Waals surface area (Å²) in [4.78, 5) is 20.5. The zero-order valence-corrected chi connectivity index (χ0v) is 14.6. The first-order chi connectivity index (χ1) is 10.3. The fraction of sp³-hybridized carbons (Fsp3) is 0.214. The topological polar surface area (TPSA) is 54.9 Å². The highest BCUT2D eigenvalue weighted by Gasteiger charge is 2.20. The third kappa shape index (κ3) is 3.82. The third-order valence-electron chi connectivity index (χ3n) is 2.88. The molecule has 1 atom stereocenters. The first-order valence-electron chi connectivity index (χ1n) is 6.24. The van der Waals surface area contributed by atoms with Crippen LogP contribution in [0.2, 0.25) is 20.2 Å². The Morgan fingerprint density at radius 2 is 1.86 bits per heavy atom. The van der Waals surface area contributed by atoms with E-state index in [2.05, 4.69) is 15.3 Å². The van der Waals surface area contributed by atoms with Crippen LogP contribution >= 0.6 is 46.4 Å². The Kier molecular flexibility index (Phi) is 5.50. The molecular weight excluding hydrogens is 368 g/mol. The van der Waals surface area contributed by atoms with Crippen molar-refractivity contribution in [2.75, 3.05) is 0 Å². The van der Waals surface area contributed by atoms with Gasteiger partial charge in [-0.05, 0) is 26.0 Å². The highest BCUT2D eigenvalue weighted by atomic mass is 35.5. The maximum atomic E-state index is 12.3. The Labute approximate surface area is 147 Å². The fourth-order valence-corrected chi connectivity index (χ4v) is 3.13. The number of nitrogens with one attached hydrogen (secondary N) is 1. The standard InChI is InChI=1S/C14H11Cl4N3O/c1-6-3-9(16)11(13(18)20-6)14(22)21-7(2)12-10(17)4-8(15)5-19-12/h3-5,7H,1-2H3,(H,21,22). The van der Waals surface area contributed by atoms with Crippen LogP contribution in [0.4, 0.5) is 0 Å². The quantitative estimate of drug-likeness (QED) is 0.773. The Balaban J connectivity index is 2.25. The predicted molar refractivity (Wildman–Crippen MR) is 89.1 cm³/mol. The molecule has 0 saturated heterocycles. The third-order valence-corrected chi connectivity index (χ3v) is 3.96. The molecule has 4 nitrogen and oxygen atoms in total. The molecule has 0 aromatic carbocycles. The van der Waals surface area contributed by atoms with Gasteiger partial charge in [-0.3, -0.25) is 9.78 Å². The number of hydrogen-bond donors (Lipinski definition) is 1. The number of aromatic nitrogens is 2. The summed E-state index contributed by atoms with van der Waals surface area (Å²) in [5, 5.41) is 3.79. The van der Waals surface area contributed by atoms with Crippen molar-refractivity contribution >= 4 is 52.3 Å². The van der Waals surface area contributed by atoms with E-state index in [9.17, 15) is 4.79 Å². The van der Waals surface area contributed by atoms with E-state index >= 15 is 0 Å². The molecule has 116 valence electrons. The van der Waals surface area contributed by atoms with Crippen LogP contribution in [0.1, 0.15) is 34.7 Å². The maximum absolute atomic E-state index is 12.3. The van der Waals surface area contributed by atoms with Gasteiger partial charge in [-0.2, -0.15) is 0 Å². The summed E-state index contributed by atoms with van der Waals surface area (Å²) in [5.74, 6) is -0.456. The summed E-state index contributed by atoms with van der Waals surface area (Å²) < 4.78 is 0. The predicted octanol–water partition coefficient (Wildman–Crippen LogP) is 4.89. The van der Waals surface area contributed by atoms with Crippen LogP contribution < -0.4 is 5.32 Å². The number of pyridine rings is 2. The lowest BCUT2D eigenvalue weighted by molar-refractivity contribution is 0.0939. The lowest BCUT2D eigenvalue weighted by atomic mass is 10.2. The lowest BCUT2D eigenvalue weighted by Crippen LogP contribution is -2.28. The van der Waals surface area contributed by atoms with E-state index in [1.807, 2.05) is 0 Å². The number of carbonyl (C=O) groups excluding carboxylic acids is 1. The van der Waals surface area contributed by atoms with E-state index in [1.165, 1.54) is 6.20 Å². The summed E-state index contributed by atoms with van der Waals surface area (Å²) >= 11 is 23.9. The molecule has 0 saturated carbocycles. The summed E-state index contributed by atoms with van der Waals surface area (Å²) in [7, 11) is 0. The molecule has 0 spiro atoms. The molecule has 1 amide bonds. The van der Waals surface area contributed by atoms with Gasteiger partial charge in [0.25, 0.3) is 5.91 Å². The van der Waals surface area contributed by atoms with Crippen molar-refractivity contribution in [1.82, 2.24) is 15.3 Å². The minimum absolute atomic E-state index is 0.0462. The zero-order chi connectivity index (χ0) is 16.4. The van der Waals surface area contributed by atoms with Crippen LogP contribution in [0.5, 0.6) is 0 Å². The van der Waals surface area contributed by atoms with Crippen molar-refractivity contribution in [3.05, 3.63) is 55.5 Å². The number of amides is 1. The summed E-state index contributed by atoms with van der Waals surface area (Å²) in [6, 6.07) is 2.67. The van der Waals surface area contributed by atoms with Crippen LogP contribution in [0.25, 0.3) is 0 Å². The Bertz CT molecular complexity index is 713. The number of hydrogen-bond acceptors (Lipinski definition) is 3. The van der Waals surface area contributed by atoms with Crippen molar-refractivity contribution < 1.29 is 4.79 Å². The number of nitrogens with zero attached hydrogens (tertiary/aromatic N) is 2.